The molecule has 1 amide bonds. The van der Waals surface area contributed by atoms with Crippen molar-refractivity contribution in [3.8, 4) is 0 Å². The lowest BCUT2D eigenvalue weighted by atomic mass is 9.94. The van der Waals surface area contributed by atoms with E-state index in [1.54, 1.807) is 0 Å². The molecular formula is C19H25N5O. The quantitative estimate of drug-likeness (QED) is 0.666. The second-order valence-corrected chi connectivity index (χ2v) is 7.32. The van der Waals surface area contributed by atoms with Gasteiger partial charge in [-0.2, -0.15) is 5.10 Å². The Kier molecular flexibility index (Phi) is 4.47. The summed E-state index contributed by atoms with van der Waals surface area (Å²) in [5.41, 5.74) is 9.21. The summed E-state index contributed by atoms with van der Waals surface area (Å²) in [6.45, 7) is 8.13. The van der Waals surface area contributed by atoms with Crippen LogP contribution in [0.1, 0.15) is 45.0 Å². The zero-order valence-corrected chi connectivity index (χ0v) is 15.2. The van der Waals surface area contributed by atoms with E-state index in [4.69, 9.17) is 10.7 Å². The maximum Gasteiger partial charge on any atom is 0.217 e. The van der Waals surface area contributed by atoms with Crippen LogP contribution in [0, 0.1) is 0 Å². The fourth-order valence-electron chi connectivity index (χ4n) is 3.36. The normalized spacial score (nSPS) is 13.3. The molecule has 0 bridgehead atoms. The van der Waals surface area contributed by atoms with Gasteiger partial charge in [0, 0.05) is 47.8 Å². The van der Waals surface area contributed by atoms with E-state index in [-0.39, 0.29) is 17.4 Å². The molecule has 4 N–H and O–H groups in total. The highest BCUT2D eigenvalue weighted by Gasteiger charge is 2.24. The molecule has 6 heteroatoms. The van der Waals surface area contributed by atoms with Crippen LogP contribution in [0.5, 0.6) is 0 Å². The SMILES string of the molecule is CC(=O)NC(C)(C)Cc1[nH]nc2c(C(C)CN)nc3ccccc3c12. The van der Waals surface area contributed by atoms with E-state index in [9.17, 15) is 4.79 Å². The zero-order valence-electron chi connectivity index (χ0n) is 15.2. The van der Waals surface area contributed by atoms with Crippen LogP contribution in [0.25, 0.3) is 21.8 Å². The molecule has 0 spiro atoms. The number of nitrogens with zero attached hydrogens (tertiary/aromatic N) is 2. The molecule has 2 heterocycles. The summed E-state index contributed by atoms with van der Waals surface area (Å²) in [6.07, 6.45) is 0.646. The van der Waals surface area contributed by atoms with Gasteiger partial charge in [0.15, 0.2) is 0 Å². The number of hydrogen-bond acceptors (Lipinski definition) is 4. The average Bonchev–Trinajstić information content (AvgIpc) is 2.95. The van der Waals surface area contributed by atoms with Gasteiger partial charge in [0.05, 0.1) is 11.2 Å². The Bertz CT molecular complexity index is 928. The maximum absolute atomic E-state index is 11.5. The van der Waals surface area contributed by atoms with Crippen LogP contribution in [-0.2, 0) is 11.2 Å². The number of fused-ring (bicyclic) bond motifs is 3. The molecule has 2 aromatic heterocycles. The number of carbonyl (C=O) groups excluding carboxylic acids is 1. The first-order chi connectivity index (χ1) is 11.8. The van der Waals surface area contributed by atoms with Crippen LogP contribution in [0.15, 0.2) is 24.3 Å². The number of carbonyl (C=O) groups is 1. The smallest absolute Gasteiger partial charge is 0.217 e. The van der Waals surface area contributed by atoms with Crippen molar-refractivity contribution in [1.82, 2.24) is 20.5 Å². The fraction of sp³-hybridized carbons (Fsp3) is 0.421. The molecule has 25 heavy (non-hydrogen) atoms. The Balaban J connectivity index is 2.21. The molecule has 0 aliphatic rings. The van der Waals surface area contributed by atoms with Crippen LogP contribution in [-0.4, -0.2) is 33.2 Å². The summed E-state index contributed by atoms with van der Waals surface area (Å²) in [4.78, 5) is 16.3. The third-order valence-electron chi connectivity index (χ3n) is 4.45. The van der Waals surface area contributed by atoms with Crippen molar-refractivity contribution in [2.24, 2.45) is 5.73 Å². The van der Waals surface area contributed by atoms with Crippen molar-refractivity contribution < 1.29 is 4.79 Å². The van der Waals surface area contributed by atoms with Crippen LogP contribution in [0.4, 0.5) is 0 Å². The lowest BCUT2D eigenvalue weighted by Crippen LogP contribution is -2.44. The number of H-pyrrole nitrogens is 1. The number of hydrogen-bond donors (Lipinski definition) is 3. The monoisotopic (exact) mass is 339 g/mol. The number of pyridine rings is 1. The lowest BCUT2D eigenvalue weighted by molar-refractivity contribution is -0.120. The second-order valence-electron chi connectivity index (χ2n) is 7.32. The van der Waals surface area contributed by atoms with E-state index < -0.39 is 0 Å². The first-order valence-electron chi connectivity index (χ1n) is 8.57. The molecule has 0 saturated heterocycles. The van der Waals surface area contributed by atoms with E-state index >= 15 is 0 Å². The predicted molar refractivity (Wildman–Crippen MR) is 100 cm³/mol. The maximum atomic E-state index is 11.5. The highest BCUT2D eigenvalue weighted by molar-refractivity contribution is 6.06. The molecule has 1 unspecified atom stereocenters. The molecular weight excluding hydrogens is 314 g/mol. The number of rotatable bonds is 5. The van der Waals surface area contributed by atoms with E-state index in [1.165, 1.54) is 6.92 Å². The third kappa shape index (κ3) is 3.35. The Morgan fingerprint density at radius 1 is 1.36 bits per heavy atom. The van der Waals surface area contributed by atoms with E-state index in [0.717, 1.165) is 33.2 Å². The van der Waals surface area contributed by atoms with Crippen molar-refractivity contribution in [1.29, 1.82) is 0 Å². The van der Waals surface area contributed by atoms with Crippen molar-refractivity contribution in [2.45, 2.75) is 45.6 Å². The number of amides is 1. The van der Waals surface area contributed by atoms with E-state index in [0.29, 0.717) is 13.0 Å². The Morgan fingerprint density at radius 2 is 2.08 bits per heavy atom. The van der Waals surface area contributed by atoms with Crippen molar-refractivity contribution >= 4 is 27.7 Å². The molecule has 132 valence electrons. The van der Waals surface area contributed by atoms with Crippen molar-refractivity contribution in [3.63, 3.8) is 0 Å². The molecule has 3 rings (SSSR count). The van der Waals surface area contributed by atoms with E-state index in [1.807, 2.05) is 32.0 Å². The third-order valence-corrected chi connectivity index (χ3v) is 4.45. The molecule has 0 aliphatic heterocycles. The standard InChI is InChI=1S/C19H25N5O/c1-11(10-20)17-18-16(13-7-5-6-8-14(13)21-17)15(23-24-18)9-19(3,4)22-12(2)25/h5-8,11H,9-10,20H2,1-4H3,(H,22,25)(H,23,24). The minimum absolute atomic E-state index is 0.0437. The van der Waals surface area contributed by atoms with Crippen LogP contribution in [0.3, 0.4) is 0 Å². The van der Waals surface area contributed by atoms with Gasteiger partial charge >= 0.3 is 0 Å². The lowest BCUT2D eigenvalue weighted by Gasteiger charge is -2.25. The molecule has 0 radical (unpaired) electrons. The average molecular weight is 339 g/mol. The highest BCUT2D eigenvalue weighted by Crippen LogP contribution is 2.32. The number of nitrogens with two attached hydrogens (primary N) is 1. The molecule has 0 saturated carbocycles. The Labute approximate surface area is 147 Å². The minimum Gasteiger partial charge on any atom is -0.351 e. The van der Waals surface area contributed by atoms with Gasteiger partial charge in [-0.25, -0.2) is 0 Å². The van der Waals surface area contributed by atoms with Gasteiger partial charge in [-0.1, -0.05) is 25.1 Å². The van der Waals surface area contributed by atoms with Gasteiger partial charge in [-0.3, -0.25) is 14.9 Å². The van der Waals surface area contributed by atoms with Crippen LogP contribution < -0.4 is 11.1 Å². The molecule has 1 atom stereocenters. The predicted octanol–water partition coefficient (Wildman–Crippen LogP) is 2.63. The summed E-state index contributed by atoms with van der Waals surface area (Å²) in [6, 6.07) is 8.06. The highest BCUT2D eigenvalue weighted by atomic mass is 16.1. The van der Waals surface area contributed by atoms with Crippen molar-refractivity contribution in [2.75, 3.05) is 6.54 Å². The van der Waals surface area contributed by atoms with Gasteiger partial charge < -0.3 is 11.1 Å². The zero-order chi connectivity index (χ0) is 18.2. The van der Waals surface area contributed by atoms with Gasteiger partial charge in [-0.15, -0.1) is 0 Å². The molecule has 1 aromatic carbocycles. The molecule has 3 aromatic rings. The fourth-order valence-corrected chi connectivity index (χ4v) is 3.36. The Morgan fingerprint density at radius 3 is 2.76 bits per heavy atom. The number of benzene rings is 1. The van der Waals surface area contributed by atoms with E-state index in [2.05, 4.69) is 28.5 Å². The second kappa shape index (κ2) is 6.44. The van der Waals surface area contributed by atoms with Gasteiger partial charge in [0.25, 0.3) is 0 Å². The number of para-hydroxylation sites is 1. The largest absolute Gasteiger partial charge is 0.351 e. The van der Waals surface area contributed by atoms with Gasteiger partial charge in [0.2, 0.25) is 5.91 Å². The summed E-state index contributed by atoms with van der Waals surface area (Å²) >= 11 is 0. The first-order valence-corrected chi connectivity index (χ1v) is 8.57. The first kappa shape index (κ1) is 17.4. The van der Waals surface area contributed by atoms with Crippen molar-refractivity contribution in [3.05, 3.63) is 35.7 Å². The summed E-state index contributed by atoms with van der Waals surface area (Å²) < 4.78 is 0. The van der Waals surface area contributed by atoms with Gasteiger partial charge in [-0.05, 0) is 19.9 Å². The summed E-state index contributed by atoms with van der Waals surface area (Å²) in [5, 5.41) is 12.8. The number of aromatic nitrogens is 3. The Hall–Kier alpha value is -2.47. The van der Waals surface area contributed by atoms with Crippen LogP contribution in [0.2, 0.25) is 0 Å². The number of nitrogens with one attached hydrogen (secondary N) is 2. The molecule has 0 aliphatic carbocycles. The van der Waals surface area contributed by atoms with Crippen LogP contribution >= 0.6 is 0 Å². The molecule has 0 fully saturated rings. The summed E-state index contributed by atoms with van der Waals surface area (Å²) in [7, 11) is 0. The topological polar surface area (TPSA) is 96.7 Å². The molecule has 6 nitrogen and oxygen atoms in total. The van der Waals surface area contributed by atoms with Gasteiger partial charge in [0.1, 0.15) is 5.52 Å². The summed E-state index contributed by atoms with van der Waals surface area (Å²) in [5.74, 6) is 0.0735. The minimum atomic E-state index is -0.380. The number of aromatic amines is 1.